The molecule has 1 aliphatic rings. The molecule has 0 amide bonds. The third kappa shape index (κ3) is 2.90. The highest BCUT2D eigenvalue weighted by Gasteiger charge is 2.26. The Bertz CT molecular complexity index is 626. The van der Waals surface area contributed by atoms with E-state index in [4.69, 9.17) is 9.88 Å². The van der Waals surface area contributed by atoms with Gasteiger partial charge in [-0.3, -0.25) is 0 Å². The molecule has 0 unspecified atom stereocenters. The number of hydrogen-bond donors (Lipinski definition) is 1. The van der Waals surface area contributed by atoms with Crippen molar-refractivity contribution in [2.75, 3.05) is 0 Å². The molecule has 0 spiro atoms. The highest BCUT2D eigenvalue weighted by atomic mass is 32.2. The average molecular weight is 291 g/mol. The molecule has 1 aromatic rings. The number of sulfonamides is 1. The molecule has 0 aliphatic heterocycles. The third-order valence-corrected chi connectivity index (χ3v) is 3.80. The van der Waals surface area contributed by atoms with E-state index < -0.39 is 38.1 Å². The van der Waals surface area contributed by atoms with Gasteiger partial charge >= 0.3 is 5.97 Å². The van der Waals surface area contributed by atoms with E-state index in [0.29, 0.717) is 25.0 Å². The molecule has 1 saturated carbocycles. The second kappa shape index (κ2) is 4.86. The molecule has 104 valence electrons. The maximum absolute atomic E-state index is 13.5. The van der Waals surface area contributed by atoms with Crippen molar-refractivity contribution in [2.45, 2.75) is 30.3 Å². The first-order valence-electron chi connectivity index (χ1n) is 5.52. The van der Waals surface area contributed by atoms with Crippen molar-refractivity contribution >= 4 is 16.0 Å². The molecule has 1 aliphatic carbocycles. The lowest BCUT2D eigenvalue weighted by Crippen LogP contribution is -2.26. The lowest BCUT2D eigenvalue weighted by molar-refractivity contribution is 0.00850. The lowest BCUT2D eigenvalue weighted by Gasteiger charge is -2.25. The van der Waals surface area contributed by atoms with Gasteiger partial charge in [-0.25, -0.2) is 27.1 Å². The van der Waals surface area contributed by atoms with Gasteiger partial charge in [0.25, 0.3) is 0 Å². The van der Waals surface area contributed by atoms with Crippen LogP contribution >= 0.6 is 0 Å². The van der Waals surface area contributed by atoms with E-state index in [0.717, 1.165) is 6.42 Å². The third-order valence-electron chi connectivity index (χ3n) is 2.87. The summed E-state index contributed by atoms with van der Waals surface area (Å²) < 4.78 is 53.9. The van der Waals surface area contributed by atoms with Crippen LogP contribution in [0.15, 0.2) is 17.0 Å². The number of nitrogens with two attached hydrogens (primary N) is 1. The van der Waals surface area contributed by atoms with Crippen molar-refractivity contribution in [3.63, 3.8) is 0 Å². The van der Waals surface area contributed by atoms with Gasteiger partial charge in [-0.15, -0.1) is 0 Å². The minimum atomic E-state index is -4.38. The molecule has 0 radical (unpaired) electrons. The molecule has 2 rings (SSSR count). The van der Waals surface area contributed by atoms with Crippen molar-refractivity contribution < 1.29 is 26.7 Å². The van der Waals surface area contributed by atoms with E-state index in [1.54, 1.807) is 0 Å². The fourth-order valence-electron chi connectivity index (χ4n) is 1.61. The molecule has 0 atom stereocenters. The van der Waals surface area contributed by atoms with Crippen LogP contribution in [-0.2, 0) is 14.8 Å². The molecule has 1 fully saturated rings. The summed E-state index contributed by atoms with van der Waals surface area (Å²) in [6, 6.07) is 0.859. The molecule has 0 aromatic heterocycles. The van der Waals surface area contributed by atoms with E-state index in [1.807, 2.05) is 0 Å². The fourth-order valence-corrected chi connectivity index (χ4v) is 2.22. The Kier molecular flexibility index (Phi) is 3.55. The Morgan fingerprint density at radius 1 is 1.26 bits per heavy atom. The lowest BCUT2D eigenvalue weighted by atomic mass is 9.96. The topological polar surface area (TPSA) is 86.5 Å². The minimum absolute atomic E-state index is 0.296. The van der Waals surface area contributed by atoms with Crippen molar-refractivity contribution in [3.05, 3.63) is 29.3 Å². The Morgan fingerprint density at radius 2 is 1.89 bits per heavy atom. The molecule has 1 aromatic carbocycles. The van der Waals surface area contributed by atoms with Gasteiger partial charge in [0, 0.05) is 6.07 Å². The van der Waals surface area contributed by atoms with E-state index in [2.05, 4.69) is 0 Å². The van der Waals surface area contributed by atoms with Crippen LogP contribution in [0, 0.1) is 11.6 Å². The zero-order chi connectivity index (χ0) is 14.2. The van der Waals surface area contributed by atoms with Gasteiger partial charge < -0.3 is 4.74 Å². The van der Waals surface area contributed by atoms with Crippen LogP contribution in [0.1, 0.15) is 29.6 Å². The number of carbonyl (C=O) groups excluding carboxylic acids is 1. The maximum Gasteiger partial charge on any atom is 0.341 e. The molecule has 8 heteroatoms. The van der Waals surface area contributed by atoms with Gasteiger partial charge in [-0.05, 0) is 25.3 Å². The molecule has 2 N–H and O–H groups in total. The second-order valence-electron chi connectivity index (χ2n) is 4.27. The van der Waals surface area contributed by atoms with E-state index in [9.17, 15) is 22.0 Å². The van der Waals surface area contributed by atoms with Crippen LogP contribution in [0.3, 0.4) is 0 Å². The van der Waals surface area contributed by atoms with Gasteiger partial charge in [0.15, 0.2) is 0 Å². The highest BCUT2D eigenvalue weighted by molar-refractivity contribution is 7.89. The molecular weight excluding hydrogens is 280 g/mol. The number of benzene rings is 1. The van der Waals surface area contributed by atoms with Gasteiger partial charge in [0.2, 0.25) is 10.0 Å². The Labute approximate surface area is 108 Å². The van der Waals surface area contributed by atoms with Gasteiger partial charge in [0.05, 0.1) is 5.56 Å². The van der Waals surface area contributed by atoms with Crippen molar-refractivity contribution in [1.82, 2.24) is 0 Å². The van der Waals surface area contributed by atoms with E-state index in [-0.39, 0.29) is 6.10 Å². The fraction of sp³-hybridized carbons (Fsp3) is 0.364. The number of rotatable bonds is 3. The largest absolute Gasteiger partial charge is 0.459 e. The van der Waals surface area contributed by atoms with Gasteiger partial charge in [0.1, 0.15) is 22.6 Å². The Hall–Kier alpha value is -1.54. The van der Waals surface area contributed by atoms with Crippen LogP contribution in [-0.4, -0.2) is 20.5 Å². The predicted octanol–water partition coefficient (Wildman–Crippen LogP) is 1.32. The number of carbonyl (C=O) groups is 1. The van der Waals surface area contributed by atoms with Crippen LogP contribution in [0.4, 0.5) is 8.78 Å². The monoisotopic (exact) mass is 291 g/mol. The zero-order valence-corrected chi connectivity index (χ0v) is 10.5. The number of ether oxygens (including phenoxy) is 1. The van der Waals surface area contributed by atoms with Crippen molar-refractivity contribution in [3.8, 4) is 0 Å². The number of primary sulfonamides is 1. The first-order valence-corrected chi connectivity index (χ1v) is 7.06. The number of esters is 1. The number of hydrogen-bond acceptors (Lipinski definition) is 4. The SMILES string of the molecule is NS(=O)(=O)c1cc(C(=O)OC2CCC2)c(F)cc1F. The molecule has 19 heavy (non-hydrogen) atoms. The Morgan fingerprint density at radius 3 is 2.37 bits per heavy atom. The first-order chi connectivity index (χ1) is 8.79. The van der Waals surface area contributed by atoms with Crippen LogP contribution in [0.25, 0.3) is 0 Å². The highest BCUT2D eigenvalue weighted by Crippen LogP contribution is 2.25. The summed E-state index contributed by atoms with van der Waals surface area (Å²) in [4.78, 5) is 10.7. The van der Waals surface area contributed by atoms with Crippen molar-refractivity contribution in [2.24, 2.45) is 5.14 Å². The predicted molar refractivity (Wildman–Crippen MR) is 60.8 cm³/mol. The standard InChI is InChI=1S/C11H11F2NO4S/c12-8-5-9(13)10(19(14,16)17)4-7(8)11(15)18-6-2-1-3-6/h4-6H,1-3H2,(H2,14,16,17). The van der Waals surface area contributed by atoms with Crippen molar-refractivity contribution in [1.29, 1.82) is 0 Å². The molecule has 5 nitrogen and oxygen atoms in total. The molecule has 0 saturated heterocycles. The zero-order valence-electron chi connectivity index (χ0n) is 9.73. The van der Waals surface area contributed by atoms with Gasteiger partial charge in [-0.1, -0.05) is 0 Å². The summed E-state index contributed by atoms with van der Waals surface area (Å²) in [6.07, 6.45) is 1.97. The summed E-state index contributed by atoms with van der Waals surface area (Å²) in [7, 11) is -4.38. The van der Waals surface area contributed by atoms with Crippen LogP contribution in [0.2, 0.25) is 0 Å². The smallest absolute Gasteiger partial charge is 0.341 e. The summed E-state index contributed by atoms with van der Waals surface area (Å²) in [5.41, 5.74) is -0.641. The first kappa shape index (κ1) is 13.9. The molecule has 0 bridgehead atoms. The maximum atomic E-state index is 13.5. The Balaban J connectivity index is 2.36. The quantitative estimate of drug-likeness (QED) is 0.851. The minimum Gasteiger partial charge on any atom is -0.459 e. The summed E-state index contributed by atoms with van der Waals surface area (Å²) in [5.74, 6) is -3.55. The summed E-state index contributed by atoms with van der Waals surface area (Å²) in [6.45, 7) is 0. The van der Waals surface area contributed by atoms with Crippen LogP contribution < -0.4 is 5.14 Å². The molecular formula is C11H11F2NO4S. The molecule has 0 heterocycles. The van der Waals surface area contributed by atoms with E-state index in [1.165, 1.54) is 0 Å². The number of halogens is 2. The normalized spacial score (nSPS) is 15.9. The second-order valence-corrected chi connectivity index (χ2v) is 5.80. The summed E-state index contributed by atoms with van der Waals surface area (Å²) >= 11 is 0. The average Bonchev–Trinajstić information content (AvgIpc) is 2.21. The van der Waals surface area contributed by atoms with Crippen LogP contribution in [0.5, 0.6) is 0 Å². The van der Waals surface area contributed by atoms with Gasteiger partial charge in [-0.2, -0.15) is 0 Å². The summed E-state index contributed by atoms with van der Waals surface area (Å²) in [5, 5.41) is 4.77. The van der Waals surface area contributed by atoms with E-state index >= 15 is 0 Å².